The number of amides is 1. The number of unbranched alkanes of at least 4 members (excludes halogenated alkanes) is 1. The zero-order valence-electron chi connectivity index (χ0n) is 13.3. The number of hydrogen-bond acceptors (Lipinski definition) is 4. The number of carbonyl (C=O) groups excluding carboxylic acids is 1. The maximum Gasteiger partial charge on any atom is 0.330 e. The molecule has 0 spiro atoms. The van der Waals surface area contributed by atoms with Gasteiger partial charge in [0.25, 0.3) is 5.56 Å². The van der Waals surface area contributed by atoms with E-state index < -0.39 is 26.9 Å². The highest BCUT2D eigenvalue weighted by atomic mass is 35.5. The van der Waals surface area contributed by atoms with Crippen LogP contribution in [0.2, 0.25) is 0 Å². The Hall–Kier alpha value is -1.47. The van der Waals surface area contributed by atoms with Crippen molar-refractivity contribution >= 4 is 40.6 Å². The summed E-state index contributed by atoms with van der Waals surface area (Å²) in [5.41, 5.74) is 3.63. The Morgan fingerprint density at radius 1 is 1.43 bits per heavy atom. The molecule has 1 heterocycles. The van der Waals surface area contributed by atoms with Crippen LogP contribution in [-0.4, -0.2) is 26.8 Å². The molecule has 1 aliphatic carbocycles. The van der Waals surface area contributed by atoms with Crippen molar-refractivity contribution in [2.45, 2.75) is 44.0 Å². The summed E-state index contributed by atoms with van der Waals surface area (Å²) >= 11 is 12.0. The Bertz CT molecular complexity index is 755. The molecule has 3 N–H and O–H groups in total. The van der Waals surface area contributed by atoms with Crippen LogP contribution in [0.3, 0.4) is 0 Å². The Kier molecular flexibility index (Phi) is 4.56. The highest BCUT2D eigenvalue weighted by molar-refractivity contribution is 6.53. The molecule has 1 fully saturated rings. The maximum atomic E-state index is 12.6. The SMILES string of the molecule is CCCCn1c(N)c(N(C)C(=O)C2(C)CC2(Cl)Cl)c(=O)[nH]c1=O. The van der Waals surface area contributed by atoms with Crippen molar-refractivity contribution in [1.29, 1.82) is 0 Å². The summed E-state index contributed by atoms with van der Waals surface area (Å²) in [7, 11) is 1.42. The van der Waals surface area contributed by atoms with E-state index in [1.54, 1.807) is 6.92 Å². The molecular weight excluding hydrogens is 343 g/mol. The molecule has 1 aromatic rings. The smallest absolute Gasteiger partial charge is 0.330 e. The third-order valence-electron chi connectivity index (χ3n) is 4.32. The number of nitrogens with two attached hydrogens (primary N) is 1. The van der Waals surface area contributed by atoms with Gasteiger partial charge >= 0.3 is 5.69 Å². The Labute approximate surface area is 143 Å². The molecule has 1 amide bonds. The van der Waals surface area contributed by atoms with Gasteiger partial charge < -0.3 is 10.6 Å². The van der Waals surface area contributed by atoms with Crippen LogP contribution in [0.5, 0.6) is 0 Å². The lowest BCUT2D eigenvalue weighted by atomic mass is 10.1. The average molecular weight is 363 g/mol. The van der Waals surface area contributed by atoms with E-state index in [0.717, 1.165) is 17.7 Å². The first-order valence-electron chi connectivity index (χ1n) is 7.35. The van der Waals surface area contributed by atoms with Gasteiger partial charge in [-0.1, -0.05) is 13.3 Å². The predicted octanol–water partition coefficient (Wildman–Crippen LogP) is 1.47. The van der Waals surface area contributed by atoms with Gasteiger partial charge in [-0.05, 0) is 19.8 Å². The van der Waals surface area contributed by atoms with Crippen molar-refractivity contribution < 1.29 is 4.79 Å². The molecule has 1 atom stereocenters. The first kappa shape index (κ1) is 17.9. The van der Waals surface area contributed by atoms with E-state index in [4.69, 9.17) is 28.9 Å². The number of aromatic nitrogens is 2. The quantitative estimate of drug-likeness (QED) is 0.774. The van der Waals surface area contributed by atoms with E-state index in [9.17, 15) is 14.4 Å². The molecule has 7 nitrogen and oxygen atoms in total. The fourth-order valence-corrected chi connectivity index (χ4v) is 3.24. The van der Waals surface area contributed by atoms with E-state index >= 15 is 0 Å². The van der Waals surface area contributed by atoms with Gasteiger partial charge in [0.1, 0.15) is 10.2 Å². The molecule has 9 heteroatoms. The van der Waals surface area contributed by atoms with E-state index in [1.165, 1.54) is 11.6 Å². The molecule has 23 heavy (non-hydrogen) atoms. The Morgan fingerprint density at radius 2 is 2.00 bits per heavy atom. The van der Waals surface area contributed by atoms with E-state index in [-0.39, 0.29) is 11.5 Å². The molecule has 1 aromatic heterocycles. The van der Waals surface area contributed by atoms with E-state index in [2.05, 4.69) is 4.98 Å². The molecule has 128 valence electrons. The maximum absolute atomic E-state index is 12.6. The van der Waals surface area contributed by atoms with Crippen LogP contribution < -0.4 is 21.9 Å². The molecule has 2 rings (SSSR count). The average Bonchev–Trinajstić information content (AvgIpc) is 2.97. The predicted molar refractivity (Wildman–Crippen MR) is 91.2 cm³/mol. The number of nitrogens with zero attached hydrogens (tertiary/aromatic N) is 2. The number of carbonyl (C=O) groups is 1. The molecule has 0 bridgehead atoms. The second kappa shape index (κ2) is 5.87. The molecule has 1 unspecified atom stereocenters. The van der Waals surface area contributed by atoms with Crippen molar-refractivity contribution in [2.24, 2.45) is 5.41 Å². The molecule has 1 aliphatic rings. The zero-order valence-corrected chi connectivity index (χ0v) is 14.8. The zero-order chi connectivity index (χ0) is 17.6. The number of nitrogens with one attached hydrogen (secondary N) is 1. The first-order chi connectivity index (χ1) is 10.6. The summed E-state index contributed by atoms with van der Waals surface area (Å²) < 4.78 is 0.102. The van der Waals surface area contributed by atoms with Crippen molar-refractivity contribution in [3.63, 3.8) is 0 Å². The summed E-state index contributed by atoms with van der Waals surface area (Å²) in [4.78, 5) is 40.0. The summed E-state index contributed by atoms with van der Waals surface area (Å²) in [6.45, 7) is 3.96. The van der Waals surface area contributed by atoms with Crippen LogP contribution >= 0.6 is 23.2 Å². The third-order valence-corrected chi connectivity index (χ3v) is 5.42. The molecular formula is C14H20Cl2N4O3. The normalized spacial score (nSPS) is 22.0. The fourth-order valence-electron chi connectivity index (χ4n) is 2.54. The third kappa shape index (κ3) is 2.87. The van der Waals surface area contributed by atoms with Gasteiger partial charge in [-0.25, -0.2) is 4.79 Å². The lowest BCUT2D eigenvalue weighted by Gasteiger charge is -2.23. The standard InChI is InChI=1S/C14H20Cl2N4O3/c1-4-5-6-20-9(17)8(10(21)18-12(20)23)19(3)11(22)13(2)7-14(13,15)16/h4-7,17H2,1-3H3,(H,18,21,23). The van der Waals surface area contributed by atoms with Gasteiger partial charge in [-0.15, -0.1) is 23.2 Å². The molecule has 0 radical (unpaired) electrons. The largest absolute Gasteiger partial charge is 0.383 e. The van der Waals surface area contributed by atoms with Gasteiger partial charge in [0.05, 0.1) is 5.41 Å². The van der Waals surface area contributed by atoms with Gasteiger partial charge in [0.2, 0.25) is 5.91 Å². The van der Waals surface area contributed by atoms with Crippen LogP contribution in [0.15, 0.2) is 9.59 Å². The van der Waals surface area contributed by atoms with Crippen molar-refractivity contribution in [1.82, 2.24) is 9.55 Å². The van der Waals surface area contributed by atoms with Crippen molar-refractivity contribution in [2.75, 3.05) is 17.7 Å². The monoisotopic (exact) mass is 362 g/mol. The van der Waals surface area contributed by atoms with Gasteiger partial charge in [0, 0.05) is 13.6 Å². The highest BCUT2D eigenvalue weighted by Gasteiger charge is 2.68. The number of hydrogen-bond donors (Lipinski definition) is 2. The number of rotatable bonds is 5. The number of aromatic amines is 1. The fraction of sp³-hybridized carbons (Fsp3) is 0.643. The molecule has 0 saturated heterocycles. The Morgan fingerprint density at radius 3 is 2.48 bits per heavy atom. The van der Waals surface area contributed by atoms with Crippen molar-refractivity contribution in [3.8, 4) is 0 Å². The van der Waals surface area contributed by atoms with Crippen LogP contribution in [0, 0.1) is 5.41 Å². The highest BCUT2D eigenvalue weighted by Crippen LogP contribution is 2.64. The molecule has 0 aromatic carbocycles. The van der Waals surface area contributed by atoms with Crippen LogP contribution in [0.1, 0.15) is 33.1 Å². The minimum absolute atomic E-state index is 0.0398. The first-order valence-corrected chi connectivity index (χ1v) is 8.11. The summed E-state index contributed by atoms with van der Waals surface area (Å²) in [5, 5.41) is 0. The Balaban J connectivity index is 2.45. The summed E-state index contributed by atoms with van der Waals surface area (Å²) in [6, 6.07) is 0. The second-order valence-corrected chi connectivity index (χ2v) is 7.56. The number of alkyl halides is 2. The minimum Gasteiger partial charge on any atom is -0.383 e. The molecule has 1 saturated carbocycles. The number of nitrogen functional groups attached to an aromatic ring is 1. The lowest BCUT2D eigenvalue weighted by molar-refractivity contribution is -0.122. The second-order valence-electron chi connectivity index (χ2n) is 6.08. The minimum atomic E-state index is -1.16. The topological polar surface area (TPSA) is 101 Å². The van der Waals surface area contributed by atoms with Crippen LogP contribution in [-0.2, 0) is 11.3 Å². The number of anilines is 2. The van der Waals surface area contributed by atoms with Gasteiger partial charge in [-0.3, -0.25) is 19.1 Å². The molecule has 0 aliphatic heterocycles. The number of halogens is 2. The summed E-state index contributed by atoms with van der Waals surface area (Å²) in [6.07, 6.45) is 1.87. The van der Waals surface area contributed by atoms with Crippen molar-refractivity contribution in [3.05, 3.63) is 20.8 Å². The van der Waals surface area contributed by atoms with Crippen LogP contribution in [0.25, 0.3) is 0 Å². The van der Waals surface area contributed by atoms with Gasteiger partial charge in [-0.2, -0.15) is 0 Å². The van der Waals surface area contributed by atoms with Crippen LogP contribution in [0.4, 0.5) is 11.5 Å². The number of H-pyrrole nitrogens is 1. The lowest BCUT2D eigenvalue weighted by Crippen LogP contribution is -2.42. The van der Waals surface area contributed by atoms with E-state index in [1.807, 2.05) is 6.92 Å². The van der Waals surface area contributed by atoms with Gasteiger partial charge in [0.15, 0.2) is 5.69 Å². The van der Waals surface area contributed by atoms with E-state index in [0.29, 0.717) is 13.0 Å². The summed E-state index contributed by atoms with van der Waals surface area (Å²) in [5.74, 6) is -0.456.